The van der Waals surface area contributed by atoms with Crippen molar-refractivity contribution in [1.82, 2.24) is 5.32 Å². The summed E-state index contributed by atoms with van der Waals surface area (Å²) in [6.45, 7) is 8.76. The van der Waals surface area contributed by atoms with Gasteiger partial charge in [0.2, 0.25) is 0 Å². The topological polar surface area (TPSA) is 41.5 Å². The largest absolute Gasteiger partial charge is 0.491 e. The first-order chi connectivity index (χ1) is 8.11. The molecule has 0 saturated heterocycles. The van der Waals surface area contributed by atoms with Crippen molar-refractivity contribution >= 4 is 0 Å². The van der Waals surface area contributed by atoms with Crippen LogP contribution >= 0.6 is 0 Å². The summed E-state index contributed by atoms with van der Waals surface area (Å²) >= 11 is 0. The normalized spacial score (nSPS) is 12.8. The highest BCUT2D eigenvalue weighted by molar-refractivity contribution is 5.27. The van der Waals surface area contributed by atoms with E-state index in [1.54, 1.807) is 0 Å². The van der Waals surface area contributed by atoms with Gasteiger partial charge in [-0.3, -0.25) is 0 Å². The Labute approximate surface area is 104 Å². The van der Waals surface area contributed by atoms with Crippen molar-refractivity contribution in [3.05, 3.63) is 36.8 Å². The Morgan fingerprint density at radius 2 is 1.94 bits per heavy atom. The quantitative estimate of drug-likeness (QED) is 0.758. The molecule has 0 aromatic heterocycles. The Bertz CT molecular complexity index is 309. The molecule has 1 aromatic carbocycles. The molecule has 0 fully saturated rings. The number of ether oxygens (including phenoxy) is 1. The zero-order chi connectivity index (χ0) is 12.7. The lowest BCUT2D eigenvalue weighted by molar-refractivity contribution is 0.104. The van der Waals surface area contributed by atoms with Crippen molar-refractivity contribution in [3.8, 4) is 5.75 Å². The summed E-state index contributed by atoms with van der Waals surface area (Å²) in [6, 6.07) is 8.16. The van der Waals surface area contributed by atoms with E-state index in [-0.39, 0.29) is 0 Å². The maximum atomic E-state index is 9.66. The van der Waals surface area contributed by atoms with Crippen molar-refractivity contribution in [1.29, 1.82) is 0 Å². The van der Waals surface area contributed by atoms with Crippen LogP contribution in [0.3, 0.4) is 0 Å². The minimum absolute atomic E-state index is 0.309. The highest BCUT2D eigenvalue weighted by Crippen LogP contribution is 2.12. The van der Waals surface area contributed by atoms with Crippen LogP contribution in [0.1, 0.15) is 19.4 Å². The molecule has 0 heterocycles. The third kappa shape index (κ3) is 5.71. The lowest BCUT2D eigenvalue weighted by Gasteiger charge is -2.15. The molecule has 0 bridgehead atoms. The van der Waals surface area contributed by atoms with Gasteiger partial charge in [0, 0.05) is 12.6 Å². The van der Waals surface area contributed by atoms with Gasteiger partial charge >= 0.3 is 0 Å². The predicted molar refractivity (Wildman–Crippen MR) is 70.1 cm³/mol. The monoisotopic (exact) mass is 236 g/mol. The Kier molecular flexibility index (Phi) is 6.01. The van der Waals surface area contributed by atoms with Crippen molar-refractivity contribution < 1.29 is 9.84 Å². The third-order valence-electron chi connectivity index (χ3n) is 2.42. The van der Waals surface area contributed by atoms with E-state index in [0.717, 1.165) is 12.2 Å². The molecule has 3 heteroatoms. The summed E-state index contributed by atoms with van der Waals surface area (Å²) in [7, 11) is 0. The highest BCUT2D eigenvalue weighted by Gasteiger charge is 2.05. The van der Waals surface area contributed by atoms with E-state index < -0.39 is 6.10 Å². The minimum atomic E-state index is -0.482. The Balaban J connectivity index is 2.29. The minimum Gasteiger partial charge on any atom is -0.491 e. The second kappa shape index (κ2) is 7.30. The first-order valence-electron chi connectivity index (χ1n) is 6.04. The summed E-state index contributed by atoms with van der Waals surface area (Å²) in [5.74, 6) is 0.783. The molecule has 0 aliphatic carbocycles. The molecule has 1 atom stereocenters. The maximum Gasteiger partial charge on any atom is 0.119 e. The fourth-order valence-electron chi connectivity index (χ4n) is 1.38. The van der Waals surface area contributed by atoms with Gasteiger partial charge in [0.25, 0.3) is 0 Å². The van der Waals surface area contributed by atoms with Crippen LogP contribution in [0.2, 0.25) is 0 Å². The van der Waals surface area contributed by atoms with Crippen LogP contribution in [0, 0.1) is 6.92 Å². The summed E-state index contributed by atoms with van der Waals surface area (Å²) in [5, 5.41) is 12.8. The van der Waals surface area contributed by atoms with Gasteiger partial charge in [-0.15, -0.1) is 0 Å². The number of benzene rings is 1. The van der Waals surface area contributed by atoms with Crippen molar-refractivity contribution in [2.75, 3.05) is 13.2 Å². The van der Waals surface area contributed by atoms with E-state index in [0.29, 0.717) is 19.2 Å². The average molecular weight is 236 g/mol. The first kappa shape index (κ1) is 14.0. The number of rotatable bonds is 7. The van der Waals surface area contributed by atoms with Crippen LogP contribution in [0.4, 0.5) is 0 Å². The smallest absolute Gasteiger partial charge is 0.119 e. The molecule has 0 spiro atoms. The molecule has 0 aliphatic rings. The van der Waals surface area contributed by atoms with Crippen LogP contribution in [-0.4, -0.2) is 30.4 Å². The molecule has 1 unspecified atom stereocenters. The lowest BCUT2D eigenvalue weighted by atomic mass is 10.2. The van der Waals surface area contributed by atoms with Gasteiger partial charge in [-0.2, -0.15) is 0 Å². The number of aliphatic hydroxyl groups is 1. The summed E-state index contributed by atoms with van der Waals surface area (Å²) < 4.78 is 5.49. The highest BCUT2D eigenvalue weighted by atomic mass is 16.5. The van der Waals surface area contributed by atoms with Gasteiger partial charge in [0.05, 0.1) is 0 Å². The maximum absolute atomic E-state index is 9.66. The molecule has 0 saturated carbocycles. The van der Waals surface area contributed by atoms with E-state index >= 15 is 0 Å². The fourth-order valence-corrected chi connectivity index (χ4v) is 1.38. The Hall–Kier alpha value is -1.06. The van der Waals surface area contributed by atoms with Gasteiger partial charge in [0.15, 0.2) is 0 Å². The van der Waals surface area contributed by atoms with E-state index in [1.807, 2.05) is 38.1 Å². The van der Waals surface area contributed by atoms with Crippen molar-refractivity contribution in [2.45, 2.75) is 32.4 Å². The molecule has 2 N–H and O–H groups in total. The van der Waals surface area contributed by atoms with Gasteiger partial charge in [-0.05, 0) is 31.0 Å². The molecule has 17 heavy (non-hydrogen) atoms. The number of hydrogen-bond acceptors (Lipinski definition) is 3. The summed E-state index contributed by atoms with van der Waals surface area (Å²) in [6.07, 6.45) is 0.297. The number of nitrogens with one attached hydrogen (secondary N) is 1. The molecular formula is C14H22NO2. The number of aliphatic hydroxyl groups excluding tert-OH is 1. The second-order valence-corrected chi connectivity index (χ2v) is 4.42. The van der Waals surface area contributed by atoms with Crippen LogP contribution < -0.4 is 10.1 Å². The Morgan fingerprint density at radius 3 is 2.47 bits per heavy atom. The van der Waals surface area contributed by atoms with Crippen molar-refractivity contribution in [2.24, 2.45) is 0 Å². The van der Waals surface area contributed by atoms with Gasteiger partial charge in [-0.25, -0.2) is 0 Å². The molecule has 1 radical (unpaired) electrons. The SMILES string of the molecule is [CH2]Cc1ccc(OCC(O)CNC(C)C)cc1. The van der Waals surface area contributed by atoms with Gasteiger partial charge in [0.1, 0.15) is 18.5 Å². The van der Waals surface area contributed by atoms with Gasteiger partial charge in [-0.1, -0.05) is 26.0 Å². The van der Waals surface area contributed by atoms with E-state index in [4.69, 9.17) is 4.74 Å². The molecular weight excluding hydrogens is 214 g/mol. The molecule has 1 aromatic rings. The summed E-state index contributed by atoms with van der Waals surface area (Å²) in [4.78, 5) is 0. The molecule has 3 nitrogen and oxygen atoms in total. The van der Waals surface area contributed by atoms with Crippen LogP contribution in [0.5, 0.6) is 5.75 Å². The zero-order valence-corrected chi connectivity index (χ0v) is 10.6. The predicted octanol–water partition coefficient (Wildman–Crippen LogP) is 1.80. The van der Waals surface area contributed by atoms with E-state index in [2.05, 4.69) is 12.2 Å². The molecule has 0 aliphatic heterocycles. The first-order valence-corrected chi connectivity index (χ1v) is 6.04. The Morgan fingerprint density at radius 1 is 1.29 bits per heavy atom. The second-order valence-electron chi connectivity index (χ2n) is 4.42. The third-order valence-corrected chi connectivity index (χ3v) is 2.42. The van der Waals surface area contributed by atoms with Crippen LogP contribution in [0.25, 0.3) is 0 Å². The lowest BCUT2D eigenvalue weighted by Crippen LogP contribution is -2.35. The summed E-state index contributed by atoms with van der Waals surface area (Å²) in [5.41, 5.74) is 1.18. The fraction of sp³-hybridized carbons (Fsp3) is 0.500. The standard InChI is InChI=1S/C14H22NO2/c1-4-12-5-7-14(8-6-12)17-10-13(16)9-15-11(2)3/h5-8,11,13,15-16H,1,4,9-10H2,2-3H3. The van der Waals surface area contributed by atoms with Gasteiger partial charge < -0.3 is 15.2 Å². The average Bonchev–Trinajstić information content (AvgIpc) is 2.34. The molecule has 95 valence electrons. The van der Waals surface area contributed by atoms with E-state index in [9.17, 15) is 5.11 Å². The number of hydrogen-bond donors (Lipinski definition) is 2. The molecule has 0 amide bonds. The van der Waals surface area contributed by atoms with Crippen LogP contribution in [0.15, 0.2) is 24.3 Å². The van der Waals surface area contributed by atoms with Crippen molar-refractivity contribution in [3.63, 3.8) is 0 Å². The van der Waals surface area contributed by atoms with Crippen LogP contribution in [-0.2, 0) is 6.42 Å². The zero-order valence-electron chi connectivity index (χ0n) is 10.6. The van der Waals surface area contributed by atoms with E-state index in [1.165, 1.54) is 5.56 Å². The molecule has 1 rings (SSSR count).